The summed E-state index contributed by atoms with van der Waals surface area (Å²) in [4.78, 5) is 12.9. The van der Waals surface area contributed by atoms with E-state index in [1.165, 1.54) is 31.1 Å². The summed E-state index contributed by atoms with van der Waals surface area (Å²) in [7, 11) is 3.05. The van der Waals surface area contributed by atoms with E-state index >= 15 is 0 Å². The highest BCUT2D eigenvalue weighted by Gasteiger charge is 2.33. The average molecular weight is 649 g/mol. The summed E-state index contributed by atoms with van der Waals surface area (Å²) in [6, 6.07) is 6.49. The molecular weight excluding hydrogens is 628 g/mol. The molecule has 2 aromatic heterocycles. The maximum atomic E-state index is 13.7. The number of nitrogens with one attached hydrogen (secondary N) is 3. The van der Waals surface area contributed by atoms with Crippen molar-refractivity contribution in [3.63, 3.8) is 0 Å². The Labute approximate surface area is 249 Å². The van der Waals surface area contributed by atoms with Gasteiger partial charge in [0.25, 0.3) is 0 Å². The number of pyridine rings is 1. The topological polar surface area (TPSA) is 78.1 Å². The lowest BCUT2D eigenvalue weighted by Crippen LogP contribution is -2.20. The van der Waals surface area contributed by atoms with Crippen LogP contribution in [0.3, 0.4) is 0 Å². The highest BCUT2D eigenvalue weighted by Crippen LogP contribution is 2.43. The van der Waals surface area contributed by atoms with Crippen molar-refractivity contribution >= 4 is 63.2 Å². The van der Waals surface area contributed by atoms with Crippen LogP contribution in [0.5, 0.6) is 5.75 Å². The lowest BCUT2D eigenvalue weighted by atomic mass is 10.1. The molecule has 2 aromatic carbocycles. The molecule has 2 heterocycles. The molecule has 43 heavy (non-hydrogen) atoms. The Hall–Kier alpha value is -3.91. The first-order valence-electron chi connectivity index (χ1n) is 12.5. The van der Waals surface area contributed by atoms with Crippen LogP contribution >= 0.6 is 23.2 Å². The molecule has 0 unspecified atom stereocenters. The summed E-state index contributed by atoms with van der Waals surface area (Å²) >= 11 is 12.2. The number of H-pyrrole nitrogens is 1. The molecule has 0 aliphatic heterocycles. The number of fused-ring (bicyclic) bond motifs is 1. The number of hydrogen-bond donors (Lipinski definition) is 3. The average Bonchev–Trinajstić information content (AvgIpc) is 3.66. The van der Waals surface area contributed by atoms with Crippen molar-refractivity contribution in [3.05, 3.63) is 69.0 Å². The molecule has 1 saturated carbocycles. The molecule has 0 bridgehead atoms. The molecule has 1 fully saturated rings. The van der Waals surface area contributed by atoms with Crippen molar-refractivity contribution in [2.24, 2.45) is 0 Å². The number of allylic oxidation sites excluding steroid dienone is 1. The molecule has 228 valence electrons. The van der Waals surface area contributed by atoms with Gasteiger partial charge in [0.05, 0.1) is 32.3 Å². The van der Waals surface area contributed by atoms with Crippen molar-refractivity contribution in [1.29, 1.82) is 0 Å². The molecule has 7 nitrogen and oxygen atoms in total. The van der Waals surface area contributed by atoms with E-state index < -0.39 is 30.3 Å². The van der Waals surface area contributed by atoms with Crippen LogP contribution in [0.25, 0.3) is 16.7 Å². The maximum absolute atomic E-state index is 13.7. The number of benzene rings is 2. The number of aromatic nitrogens is 3. The summed E-state index contributed by atoms with van der Waals surface area (Å²) in [6.45, 7) is -1.63. The lowest BCUT2D eigenvalue weighted by molar-refractivity contribution is -0.153. The van der Waals surface area contributed by atoms with E-state index in [1.54, 1.807) is 0 Å². The van der Waals surface area contributed by atoms with Crippen molar-refractivity contribution in [1.82, 2.24) is 15.0 Å². The fourth-order valence-electron chi connectivity index (χ4n) is 4.11. The van der Waals surface area contributed by atoms with Crippen LogP contribution in [-0.2, 0) is 6.18 Å². The summed E-state index contributed by atoms with van der Waals surface area (Å²) in [5.74, 6) is -0.955. The van der Waals surface area contributed by atoms with Crippen molar-refractivity contribution in [2.45, 2.75) is 25.2 Å². The van der Waals surface area contributed by atoms with Gasteiger partial charge in [0.2, 0.25) is 5.95 Å². The van der Waals surface area contributed by atoms with Gasteiger partial charge in [-0.25, -0.2) is 14.4 Å². The molecule has 0 spiro atoms. The third-order valence-electron chi connectivity index (χ3n) is 6.20. The number of ether oxygens (including phenoxy) is 1. The van der Waals surface area contributed by atoms with Gasteiger partial charge in [0, 0.05) is 31.4 Å². The zero-order valence-corrected chi connectivity index (χ0v) is 23.7. The number of alkyl halides is 6. The molecule has 0 amide bonds. The molecule has 0 radical (unpaired) electrons. The largest absolute Gasteiger partial charge is 0.483 e. The normalized spacial score (nSPS) is 13.3. The van der Waals surface area contributed by atoms with E-state index in [1.807, 2.05) is 0 Å². The Balaban J connectivity index is 1.59. The standard InChI is InChI=1S/C27H21Cl2F7N6O/c1-42(2)22-6-13(27(34,35)36)5-21(39-22)40-23(12-3-4-12)15-9-18-19(10-20(15)43-11-26(31,32)33)38-25(37-18)41-24-16(28)7-14(30)8-17(24)29/h5-10H,3-4,11H2,1-2H3,(H,39,40)(H2,37,38,41). The number of hydrogen-bond acceptors (Lipinski definition) is 6. The number of rotatable bonds is 8. The minimum absolute atomic E-state index is 0.0175. The van der Waals surface area contributed by atoms with Crippen molar-refractivity contribution in [2.75, 3.05) is 36.2 Å². The van der Waals surface area contributed by atoms with Crippen molar-refractivity contribution in [3.8, 4) is 5.75 Å². The molecule has 3 N–H and O–H groups in total. The zero-order chi connectivity index (χ0) is 31.3. The Morgan fingerprint density at radius 1 is 0.977 bits per heavy atom. The minimum atomic E-state index is -4.68. The third-order valence-corrected chi connectivity index (χ3v) is 6.79. The smallest absolute Gasteiger partial charge is 0.422 e. The second-order valence-corrected chi connectivity index (χ2v) is 10.6. The summed E-state index contributed by atoms with van der Waals surface area (Å²) in [5, 5.41) is 5.63. The van der Waals surface area contributed by atoms with E-state index in [2.05, 4.69) is 25.6 Å². The molecular formula is C27H21Cl2F7N6O. The molecule has 1 aliphatic carbocycles. The number of aromatic amines is 1. The molecule has 0 atom stereocenters. The highest BCUT2D eigenvalue weighted by molar-refractivity contribution is 6.39. The van der Waals surface area contributed by atoms with Crippen LogP contribution in [0.15, 0.2) is 42.0 Å². The van der Waals surface area contributed by atoms with Crippen LogP contribution < -0.4 is 20.3 Å². The van der Waals surface area contributed by atoms with Gasteiger partial charge >= 0.3 is 12.4 Å². The van der Waals surface area contributed by atoms with Gasteiger partial charge in [-0.1, -0.05) is 23.2 Å². The Morgan fingerprint density at radius 3 is 2.23 bits per heavy atom. The van der Waals surface area contributed by atoms with Gasteiger partial charge in [-0.3, -0.25) is 0 Å². The van der Waals surface area contributed by atoms with E-state index in [4.69, 9.17) is 27.9 Å². The Bertz CT molecular complexity index is 1700. The number of anilines is 4. The lowest BCUT2D eigenvalue weighted by Gasteiger charge is -2.19. The molecule has 0 saturated heterocycles. The summed E-state index contributed by atoms with van der Waals surface area (Å²) in [6.07, 6.45) is -8.25. The second-order valence-electron chi connectivity index (χ2n) is 9.82. The van der Waals surface area contributed by atoms with Gasteiger partial charge in [-0.2, -0.15) is 26.3 Å². The number of halogens is 9. The maximum Gasteiger partial charge on any atom is 0.422 e. The fraction of sp³-hybridized carbons (Fsp3) is 0.259. The zero-order valence-electron chi connectivity index (χ0n) is 22.2. The van der Waals surface area contributed by atoms with Crippen LogP contribution in [0.1, 0.15) is 24.0 Å². The quantitative estimate of drug-likeness (QED) is 0.166. The van der Waals surface area contributed by atoms with E-state index in [0.717, 1.165) is 29.8 Å². The van der Waals surface area contributed by atoms with Gasteiger partial charge in [0.1, 0.15) is 23.2 Å². The Kier molecular flexibility index (Phi) is 8.03. The van der Waals surface area contributed by atoms with E-state index in [-0.39, 0.29) is 55.8 Å². The van der Waals surface area contributed by atoms with Crippen LogP contribution in [0.2, 0.25) is 10.0 Å². The number of imidazole rings is 1. The second kappa shape index (κ2) is 11.3. The predicted octanol–water partition coefficient (Wildman–Crippen LogP) is 8.79. The van der Waals surface area contributed by atoms with Gasteiger partial charge in [-0.15, -0.1) is 0 Å². The fourth-order valence-corrected chi connectivity index (χ4v) is 4.67. The van der Waals surface area contributed by atoms with Crippen LogP contribution in [-0.4, -0.2) is 41.8 Å². The van der Waals surface area contributed by atoms with E-state index in [0.29, 0.717) is 18.4 Å². The van der Waals surface area contributed by atoms with Crippen LogP contribution in [0.4, 0.5) is 54.0 Å². The van der Waals surface area contributed by atoms with E-state index in [9.17, 15) is 30.7 Å². The minimum Gasteiger partial charge on any atom is -0.483 e. The highest BCUT2D eigenvalue weighted by atomic mass is 35.5. The third kappa shape index (κ3) is 7.19. The summed E-state index contributed by atoms with van der Waals surface area (Å²) in [5.41, 5.74) is 0.826. The molecule has 5 rings (SSSR count). The first-order valence-corrected chi connectivity index (χ1v) is 13.2. The Morgan fingerprint density at radius 2 is 1.65 bits per heavy atom. The van der Waals surface area contributed by atoms with Gasteiger partial charge in [0.15, 0.2) is 6.61 Å². The molecule has 1 aliphatic rings. The SMILES string of the molecule is CN(C)c1cc(C(F)(F)F)cc(NC(=C2CC2)c2cc3[nH]c(Nc4c(Cl)cc(F)cc4Cl)nc3cc2OCC(F)(F)F)n1. The predicted molar refractivity (Wildman–Crippen MR) is 151 cm³/mol. The van der Waals surface area contributed by atoms with Crippen molar-refractivity contribution < 1.29 is 35.5 Å². The monoisotopic (exact) mass is 648 g/mol. The van der Waals surface area contributed by atoms with Crippen LogP contribution in [0, 0.1) is 5.82 Å². The number of nitrogens with zero attached hydrogens (tertiary/aromatic N) is 3. The first kappa shape index (κ1) is 30.5. The van der Waals surface area contributed by atoms with Gasteiger partial charge < -0.3 is 25.3 Å². The van der Waals surface area contributed by atoms with Gasteiger partial charge in [-0.05, 0) is 48.7 Å². The first-order chi connectivity index (χ1) is 20.1. The molecule has 16 heteroatoms. The summed E-state index contributed by atoms with van der Waals surface area (Å²) < 4.78 is 99.3. The molecule has 4 aromatic rings.